The van der Waals surface area contributed by atoms with E-state index in [1.807, 2.05) is 0 Å². The number of phosphoric acid groups is 1. The zero-order valence-corrected chi connectivity index (χ0v) is 16.0. The standard InChI is InChI=1S/C16H20N5O5P/c1-9(2)25-27(22)23-6-12-14(26-27)16(3,7-17)13(24-12)10-4-5-11-15(18)19-8-20-21(10)11/h4-5,8-9,12-14H,6H2,1-3H3,(H2,18,19,20). The van der Waals surface area contributed by atoms with E-state index >= 15 is 0 Å². The van der Waals surface area contributed by atoms with Gasteiger partial charge in [0.15, 0.2) is 5.82 Å². The molecule has 144 valence electrons. The van der Waals surface area contributed by atoms with E-state index in [0.717, 1.165) is 0 Å². The summed E-state index contributed by atoms with van der Waals surface area (Å²) in [7, 11) is -3.78. The Hall–Kier alpha value is -2.02. The molecular formula is C16H20N5O5P. The molecule has 27 heavy (non-hydrogen) atoms. The fraction of sp³-hybridized carbons (Fsp3) is 0.562. The molecule has 5 unspecified atom stereocenters. The lowest BCUT2D eigenvalue weighted by Crippen LogP contribution is -2.42. The highest BCUT2D eigenvalue weighted by Gasteiger charge is 2.61. The van der Waals surface area contributed by atoms with E-state index in [9.17, 15) is 9.83 Å². The number of hydrogen-bond donors (Lipinski definition) is 1. The Morgan fingerprint density at radius 3 is 3.00 bits per heavy atom. The molecule has 0 radical (unpaired) electrons. The minimum atomic E-state index is -3.78. The number of ether oxygens (including phenoxy) is 1. The van der Waals surface area contributed by atoms with Gasteiger partial charge in [0.1, 0.15) is 35.6 Å². The Bertz CT molecular complexity index is 972. The normalized spacial score (nSPS) is 36.0. The van der Waals surface area contributed by atoms with Gasteiger partial charge in [-0.3, -0.25) is 13.6 Å². The maximum Gasteiger partial charge on any atom is 0.475 e. The molecule has 4 heterocycles. The third kappa shape index (κ3) is 2.83. The molecule has 0 spiro atoms. The van der Waals surface area contributed by atoms with Crippen molar-refractivity contribution in [1.82, 2.24) is 14.6 Å². The lowest BCUT2D eigenvalue weighted by molar-refractivity contribution is -0.0640. The second-order valence-corrected chi connectivity index (χ2v) is 8.65. The Kier molecular flexibility index (Phi) is 4.25. The summed E-state index contributed by atoms with van der Waals surface area (Å²) < 4.78 is 36.8. The lowest BCUT2D eigenvalue weighted by Gasteiger charge is -2.34. The molecule has 2 aliphatic heterocycles. The highest BCUT2D eigenvalue weighted by atomic mass is 31.2. The van der Waals surface area contributed by atoms with Gasteiger partial charge in [0.2, 0.25) is 0 Å². The van der Waals surface area contributed by atoms with Crippen molar-refractivity contribution >= 4 is 19.2 Å². The average Bonchev–Trinajstić information content (AvgIpc) is 3.15. The van der Waals surface area contributed by atoms with Gasteiger partial charge in [-0.1, -0.05) is 0 Å². The topological polar surface area (TPSA) is 134 Å². The van der Waals surface area contributed by atoms with Crippen LogP contribution in [0.3, 0.4) is 0 Å². The molecule has 0 saturated carbocycles. The third-order valence-corrected chi connectivity index (χ3v) is 6.41. The van der Waals surface area contributed by atoms with Crippen LogP contribution in [-0.2, 0) is 22.9 Å². The van der Waals surface area contributed by atoms with Gasteiger partial charge in [-0.2, -0.15) is 10.4 Å². The minimum absolute atomic E-state index is 0.00284. The van der Waals surface area contributed by atoms with Crippen LogP contribution in [0.15, 0.2) is 18.5 Å². The maximum absolute atomic E-state index is 12.8. The van der Waals surface area contributed by atoms with Crippen molar-refractivity contribution in [1.29, 1.82) is 5.26 Å². The van der Waals surface area contributed by atoms with Crippen LogP contribution in [0.25, 0.3) is 5.52 Å². The Labute approximate surface area is 155 Å². The van der Waals surface area contributed by atoms with Gasteiger partial charge in [0, 0.05) is 0 Å². The second-order valence-electron chi connectivity index (χ2n) is 7.07. The van der Waals surface area contributed by atoms with E-state index < -0.39 is 31.5 Å². The lowest BCUT2D eigenvalue weighted by atomic mass is 9.79. The molecule has 2 aliphatic rings. The summed E-state index contributed by atoms with van der Waals surface area (Å²) in [6, 6.07) is 5.82. The third-order valence-electron chi connectivity index (χ3n) is 4.78. The first-order valence-electron chi connectivity index (χ1n) is 8.53. The molecule has 0 bridgehead atoms. The average molecular weight is 393 g/mol. The van der Waals surface area contributed by atoms with Crippen molar-refractivity contribution in [3.8, 4) is 6.07 Å². The Morgan fingerprint density at radius 2 is 2.30 bits per heavy atom. The van der Waals surface area contributed by atoms with Crippen molar-refractivity contribution in [2.45, 2.75) is 45.2 Å². The van der Waals surface area contributed by atoms with Gasteiger partial charge in [-0.15, -0.1) is 0 Å². The molecule has 2 N–H and O–H groups in total. The van der Waals surface area contributed by atoms with E-state index in [2.05, 4.69) is 16.2 Å². The van der Waals surface area contributed by atoms with Crippen LogP contribution in [0.4, 0.5) is 5.82 Å². The number of hydrogen-bond acceptors (Lipinski definition) is 9. The Morgan fingerprint density at radius 1 is 1.52 bits per heavy atom. The molecule has 11 heteroatoms. The molecule has 4 rings (SSSR count). The van der Waals surface area contributed by atoms with E-state index in [4.69, 9.17) is 24.0 Å². The fourth-order valence-corrected chi connectivity index (χ4v) is 5.20. The van der Waals surface area contributed by atoms with E-state index in [-0.39, 0.29) is 12.7 Å². The van der Waals surface area contributed by atoms with Crippen LogP contribution >= 0.6 is 7.82 Å². The Balaban J connectivity index is 1.73. The quantitative estimate of drug-likeness (QED) is 0.779. The zero-order chi connectivity index (χ0) is 19.4. The van der Waals surface area contributed by atoms with Gasteiger partial charge in [0.05, 0.1) is 24.5 Å². The molecule has 2 aromatic heterocycles. The predicted molar refractivity (Wildman–Crippen MR) is 93.4 cm³/mol. The molecule has 5 atom stereocenters. The van der Waals surface area contributed by atoms with Gasteiger partial charge in [-0.05, 0) is 32.9 Å². The summed E-state index contributed by atoms with van der Waals surface area (Å²) in [6.45, 7) is 5.17. The van der Waals surface area contributed by atoms with Gasteiger partial charge in [0.25, 0.3) is 0 Å². The molecule has 10 nitrogen and oxygen atoms in total. The van der Waals surface area contributed by atoms with E-state index in [1.165, 1.54) is 6.33 Å². The number of phosphoric ester groups is 1. The molecule has 2 aromatic rings. The first-order valence-corrected chi connectivity index (χ1v) is 9.99. The zero-order valence-electron chi connectivity index (χ0n) is 15.1. The smallest absolute Gasteiger partial charge is 0.382 e. The summed E-state index contributed by atoms with van der Waals surface area (Å²) in [5, 5.41) is 14.2. The molecule has 2 fully saturated rings. The fourth-order valence-electron chi connectivity index (χ4n) is 3.55. The van der Waals surface area contributed by atoms with E-state index in [1.54, 1.807) is 37.4 Å². The number of nitriles is 1. The second kappa shape index (κ2) is 6.26. The van der Waals surface area contributed by atoms with Gasteiger partial charge >= 0.3 is 7.82 Å². The van der Waals surface area contributed by atoms with Gasteiger partial charge in [-0.25, -0.2) is 14.1 Å². The van der Waals surface area contributed by atoms with Gasteiger partial charge < -0.3 is 10.5 Å². The molecule has 0 aliphatic carbocycles. The number of aromatic nitrogens is 3. The van der Waals surface area contributed by atoms with Crippen molar-refractivity contribution in [3.05, 3.63) is 24.2 Å². The number of fused-ring (bicyclic) bond motifs is 2. The molecule has 0 amide bonds. The summed E-state index contributed by atoms with van der Waals surface area (Å²) in [5.41, 5.74) is 5.99. The van der Waals surface area contributed by atoms with Crippen LogP contribution in [0.2, 0.25) is 0 Å². The minimum Gasteiger partial charge on any atom is -0.382 e. The monoisotopic (exact) mass is 393 g/mol. The SMILES string of the molecule is CC(C)OP1(=O)OCC2OC(c3ccc4c(N)ncnn34)C(C)(C#N)C2O1. The highest BCUT2D eigenvalue weighted by Crippen LogP contribution is 2.62. The number of rotatable bonds is 3. The maximum atomic E-state index is 12.8. The van der Waals surface area contributed by atoms with Crippen molar-refractivity contribution < 1.29 is 22.9 Å². The number of nitrogen functional groups attached to an aromatic ring is 1. The molecular weight excluding hydrogens is 373 g/mol. The van der Waals surface area contributed by atoms with Crippen LogP contribution in [0, 0.1) is 16.7 Å². The summed E-state index contributed by atoms with van der Waals surface area (Å²) in [4.78, 5) is 3.96. The largest absolute Gasteiger partial charge is 0.475 e. The van der Waals surface area contributed by atoms with Crippen LogP contribution in [-0.4, -0.2) is 39.5 Å². The van der Waals surface area contributed by atoms with E-state index in [0.29, 0.717) is 17.0 Å². The molecule has 0 aromatic carbocycles. The van der Waals surface area contributed by atoms with Crippen molar-refractivity contribution in [2.24, 2.45) is 5.41 Å². The molecule has 2 saturated heterocycles. The summed E-state index contributed by atoms with van der Waals surface area (Å²) in [6.07, 6.45) is -1.06. The number of nitrogens with zero attached hydrogens (tertiary/aromatic N) is 4. The number of nitrogens with two attached hydrogens (primary N) is 1. The van der Waals surface area contributed by atoms with Crippen LogP contribution in [0.1, 0.15) is 32.6 Å². The summed E-state index contributed by atoms with van der Waals surface area (Å²) in [5.74, 6) is 0.319. The predicted octanol–water partition coefficient (Wildman–Crippen LogP) is 2.23. The highest BCUT2D eigenvalue weighted by molar-refractivity contribution is 7.48. The van der Waals surface area contributed by atoms with Crippen LogP contribution in [0.5, 0.6) is 0 Å². The van der Waals surface area contributed by atoms with Crippen LogP contribution < -0.4 is 5.73 Å². The first kappa shape index (κ1) is 18.3. The van der Waals surface area contributed by atoms with Crippen molar-refractivity contribution in [2.75, 3.05) is 12.3 Å². The summed E-state index contributed by atoms with van der Waals surface area (Å²) >= 11 is 0. The number of anilines is 1. The van der Waals surface area contributed by atoms with Crippen molar-refractivity contribution in [3.63, 3.8) is 0 Å². The first-order chi connectivity index (χ1) is 12.8.